The lowest BCUT2D eigenvalue weighted by Crippen LogP contribution is -2.34. The highest BCUT2D eigenvalue weighted by molar-refractivity contribution is 7.98. The van der Waals surface area contributed by atoms with Gasteiger partial charge in [-0.2, -0.15) is 11.8 Å². The normalized spacial score (nSPS) is 23.5. The van der Waals surface area contributed by atoms with Gasteiger partial charge in [0.25, 0.3) is 0 Å². The minimum absolute atomic E-state index is 0.764. The van der Waals surface area contributed by atoms with Gasteiger partial charge in [-0.05, 0) is 36.5 Å². The third-order valence-electron chi connectivity index (χ3n) is 3.80. The van der Waals surface area contributed by atoms with Crippen LogP contribution in [0, 0.1) is 5.92 Å². The Bertz CT molecular complexity index is 366. The summed E-state index contributed by atoms with van der Waals surface area (Å²) in [5.74, 6) is 3.18. The summed E-state index contributed by atoms with van der Waals surface area (Å²) >= 11 is 7.87. The van der Waals surface area contributed by atoms with Gasteiger partial charge in [0.1, 0.15) is 0 Å². The van der Waals surface area contributed by atoms with E-state index in [9.17, 15) is 0 Å². The number of benzene rings is 1. The number of thioether (sulfide) groups is 1. The molecule has 1 aromatic carbocycles. The van der Waals surface area contributed by atoms with E-state index < -0.39 is 0 Å². The van der Waals surface area contributed by atoms with E-state index in [1.54, 1.807) is 0 Å². The van der Waals surface area contributed by atoms with Crippen LogP contribution in [0.25, 0.3) is 0 Å². The fourth-order valence-electron chi connectivity index (χ4n) is 2.73. The van der Waals surface area contributed by atoms with Crippen molar-refractivity contribution in [3.63, 3.8) is 0 Å². The Morgan fingerprint density at radius 3 is 2.79 bits per heavy atom. The zero-order chi connectivity index (χ0) is 13.5. The maximum absolute atomic E-state index is 5.88. The topological polar surface area (TPSA) is 12.0 Å². The third-order valence-corrected chi connectivity index (χ3v) is 5.08. The molecule has 3 heteroatoms. The Hall–Kier alpha value is -0.180. The predicted molar refractivity (Wildman–Crippen MR) is 87.0 cm³/mol. The van der Waals surface area contributed by atoms with Crippen LogP contribution in [0.4, 0.5) is 0 Å². The van der Waals surface area contributed by atoms with E-state index in [2.05, 4.69) is 24.4 Å². The molecule has 0 amide bonds. The molecular weight excluding hydrogens is 274 g/mol. The van der Waals surface area contributed by atoms with Gasteiger partial charge in [0, 0.05) is 29.1 Å². The molecule has 0 aliphatic heterocycles. The second kappa shape index (κ2) is 8.18. The molecule has 2 rings (SSSR count). The van der Waals surface area contributed by atoms with Crippen LogP contribution >= 0.6 is 23.4 Å². The first kappa shape index (κ1) is 15.2. The number of hydrogen-bond acceptors (Lipinski definition) is 2. The molecule has 1 N–H and O–H groups in total. The Morgan fingerprint density at radius 1 is 1.26 bits per heavy atom. The van der Waals surface area contributed by atoms with Crippen molar-refractivity contribution < 1.29 is 0 Å². The number of rotatable bonds is 6. The van der Waals surface area contributed by atoms with Gasteiger partial charge in [0.2, 0.25) is 0 Å². The summed E-state index contributed by atoms with van der Waals surface area (Å²) in [6.07, 6.45) is 5.55. The van der Waals surface area contributed by atoms with Crippen molar-refractivity contribution in [1.82, 2.24) is 5.32 Å². The van der Waals surface area contributed by atoms with E-state index >= 15 is 0 Å². The summed E-state index contributed by atoms with van der Waals surface area (Å²) in [7, 11) is 0. The van der Waals surface area contributed by atoms with Gasteiger partial charge in [0.05, 0.1) is 0 Å². The van der Waals surface area contributed by atoms with E-state index in [1.165, 1.54) is 37.0 Å². The van der Waals surface area contributed by atoms with Crippen LogP contribution in [0.2, 0.25) is 5.02 Å². The van der Waals surface area contributed by atoms with Gasteiger partial charge in [-0.1, -0.05) is 43.5 Å². The summed E-state index contributed by atoms with van der Waals surface area (Å²) in [6, 6.07) is 8.94. The summed E-state index contributed by atoms with van der Waals surface area (Å²) in [5.41, 5.74) is 1.36. The van der Waals surface area contributed by atoms with Crippen molar-refractivity contribution in [3.05, 3.63) is 34.9 Å². The predicted octanol–water partition coefficient (Wildman–Crippen LogP) is 4.74. The molecule has 1 fully saturated rings. The van der Waals surface area contributed by atoms with Crippen molar-refractivity contribution in [2.24, 2.45) is 5.92 Å². The van der Waals surface area contributed by atoms with Crippen molar-refractivity contribution in [3.8, 4) is 0 Å². The SMILES string of the molecule is CC1CCCC(NCCSCc2ccc(Cl)cc2)C1. The molecule has 1 saturated carbocycles. The number of nitrogens with one attached hydrogen (secondary N) is 1. The highest BCUT2D eigenvalue weighted by Gasteiger charge is 2.17. The van der Waals surface area contributed by atoms with Gasteiger partial charge in [-0.3, -0.25) is 0 Å². The molecule has 0 saturated heterocycles. The van der Waals surface area contributed by atoms with E-state index in [1.807, 2.05) is 23.9 Å². The first-order valence-electron chi connectivity index (χ1n) is 7.29. The highest BCUT2D eigenvalue weighted by Crippen LogP contribution is 2.23. The van der Waals surface area contributed by atoms with Crippen molar-refractivity contribution in [1.29, 1.82) is 0 Å². The molecule has 2 unspecified atom stereocenters. The highest BCUT2D eigenvalue weighted by atomic mass is 35.5. The maximum Gasteiger partial charge on any atom is 0.0406 e. The smallest absolute Gasteiger partial charge is 0.0406 e. The maximum atomic E-state index is 5.88. The van der Waals surface area contributed by atoms with Crippen LogP contribution < -0.4 is 5.32 Å². The summed E-state index contributed by atoms with van der Waals surface area (Å²) < 4.78 is 0. The Labute approximate surface area is 126 Å². The molecule has 1 aromatic rings. The summed E-state index contributed by atoms with van der Waals surface area (Å²) in [5, 5.41) is 4.53. The fourth-order valence-corrected chi connectivity index (χ4v) is 3.69. The molecule has 0 aromatic heterocycles. The van der Waals surface area contributed by atoms with E-state index in [4.69, 9.17) is 11.6 Å². The monoisotopic (exact) mass is 297 g/mol. The molecule has 1 aliphatic rings. The molecule has 106 valence electrons. The van der Waals surface area contributed by atoms with Crippen molar-refractivity contribution in [2.45, 2.75) is 44.4 Å². The first-order valence-corrected chi connectivity index (χ1v) is 8.83. The van der Waals surface area contributed by atoms with Crippen LogP contribution in [0.5, 0.6) is 0 Å². The Morgan fingerprint density at radius 2 is 2.05 bits per heavy atom. The lowest BCUT2D eigenvalue weighted by atomic mass is 9.87. The van der Waals surface area contributed by atoms with Gasteiger partial charge >= 0.3 is 0 Å². The molecule has 0 spiro atoms. The Balaban J connectivity index is 1.55. The molecule has 1 nitrogen and oxygen atoms in total. The van der Waals surface area contributed by atoms with Crippen LogP contribution in [0.15, 0.2) is 24.3 Å². The Kier molecular flexibility index (Phi) is 6.55. The van der Waals surface area contributed by atoms with Crippen LogP contribution in [-0.2, 0) is 5.75 Å². The molecule has 2 atom stereocenters. The second-order valence-corrected chi connectivity index (χ2v) is 7.14. The molecule has 19 heavy (non-hydrogen) atoms. The van der Waals surface area contributed by atoms with Gasteiger partial charge < -0.3 is 5.32 Å². The molecule has 0 radical (unpaired) electrons. The van der Waals surface area contributed by atoms with E-state index in [-0.39, 0.29) is 0 Å². The van der Waals surface area contributed by atoms with Gasteiger partial charge in [-0.15, -0.1) is 0 Å². The van der Waals surface area contributed by atoms with Crippen LogP contribution in [-0.4, -0.2) is 18.3 Å². The van der Waals surface area contributed by atoms with E-state index in [0.29, 0.717) is 0 Å². The second-order valence-electron chi connectivity index (χ2n) is 5.60. The standard InChI is InChI=1S/C16H24ClNS/c1-13-3-2-4-16(11-13)18-9-10-19-12-14-5-7-15(17)8-6-14/h5-8,13,16,18H,2-4,9-12H2,1H3. The molecular formula is C16H24ClNS. The molecule has 0 heterocycles. The van der Waals surface area contributed by atoms with Crippen LogP contribution in [0.1, 0.15) is 38.2 Å². The fraction of sp³-hybridized carbons (Fsp3) is 0.625. The average molecular weight is 298 g/mol. The summed E-state index contributed by atoms with van der Waals surface area (Å²) in [4.78, 5) is 0. The summed E-state index contributed by atoms with van der Waals surface area (Å²) in [6.45, 7) is 3.51. The molecule has 0 bridgehead atoms. The minimum atomic E-state index is 0.764. The molecule has 1 aliphatic carbocycles. The lowest BCUT2D eigenvalue weighted by Gasteiger charge is -2.27. The van der Waals surface area contributed by atoms with E-state index in [0.717, 1.165) is 29.3 Å². The number of halogens is 1. The number of hydrogen-bond donors (Lipinski definition) is 1. The van der Waals surface area contributed by atoms with Crippen molar-refractivity contribution >= 4 is 23.4 Å². The third kappa shape index (κ3) is 5.76. The quantitative estimate of drug-likeness (QED) is 0.761. The van der Waals surface area contributed by atoms with Gasteiger partial charge in [0.15, 0.2) is 0 Å². The van der Waals surface area contributed by atoms with Crippen molar-refractivity contribution in [2.75, 3.05) is 12.3 Å². The van der Waals surface area contributed by atoms with Gasteiger partial charge in [-0.25, -0.2) is 0 Å². The zero-order valence-electron chi connectivity index (χ0n) is 11.7. The minimum Gasteiger partial charge on any atom is -0.313 e. The van der Waals surface area contributed by atoms with Crippen LogP contribution in [0.3, 0.4) is 0 Å². The first-order chi connectivity index (χ1) is 9.24. The zero-order valence-corrected chi connectivity index (χ0v) is 13.3. The lowest BCUT2D eigenvalue weighted by molar-refractivity contribution is 0.306. The average Bonchev–Trinajstić information content (AvgIpc) is 2.41. The largest absolute Gasteiger partial charge is 0.313 e.